The highest BCUT2D eigenvalue weighted by Crippen LogP contribution is 2.20. The Labute approximate surface area is 162 Å². The van der Waals surface area contributed by atoms with Gasteiger partial charge in [0.25, 0.3) is 5.91 Å². The van der Waals surface area contributed by atoms with Gasteiger partial charge in [0.2, 0.25) is 5.91 Å². The van der Waals surface area contributed by atoms with Crippen LogP contribution in [0.15, 0.2) is 66.9 Å². The van der Waals surface area contributed by atoms with Crippen molar-refractivity contribution in [2.24, 2.45) is 0 Å². The molecule has 0 unspecified atom stereocenters. The number of methoxy groups -OCH3 is 1. The molecule has 7 heteroatoms. The summed E-state index contributed by atoms with van der Waals surface area (Å²) >= 11 is 0. The number of nitrogens with zero attached hydrogens (tertiary/aromatic N) is 1. The number of ether oxygens (including phenoxy) is 1. The lowest BCUT2D eigenvalue weighted by molar-refractivity contribution is -0.114. The van der Waals surface area contributed by atoms with Gasteiger partial charge in [-0.3, -0.25) is 9.59 Å². The number of rotatable bonds is 6. The number of carbonyl (C=O) groups is 2. The Morgan fingerprint density at radius 3 is 2.14 bits per heavy atom. The lowest BCUT2D eigenvalue weighted by Crippen LogP contribution is -2.14. The van der Waals surface area contributed by atoms with Crippen molar-refractivity contribution < 1.29 is 14.3 Å². The zero-order valence-electron chi connectivity index (χ0n) is 15.5. The van der Waals surface area contributed by atoms with Gasteiger partial charge >= 0.3 is 0 Å². The molecule has 2 aromatic carbocycles. The molecule has 0 radical (unpaired) electrons. The Morgan fingerprint density at radius 2 is 1.54 bits per heavy atom. The molecule has 0 saturated carbocycles. The standard InChI is InChI=1S/C21H20N4O3/c1-14(26)23-16-4-3-5-17(12-16)25-21(27)20-11-8-18(13-22-20)24-15-6-9-19(28-2)10-7-15/h3-13,24H,1-2H3,(H,23,26)(H,25,27). The first-order valence-corrected chi connectivity index (χ1v) is 8.59. The second kappa shape index (κ2) is 8.68. The predicted octanol–water partition coefficient (Wildman–Crippen LogP) is 4.04. The first-order valence-electron chi connectivity index (χ1n) is 8.59. The van der Waals surface area contributed by atoms with E-state index >= 15 is 0 Å². The van der Waals surface area contributed by atoms with Crippen molar-refractivity contribution in [1.29, 1.82) is 0 Å². The van der Waals surface area contributed by atoms with Crippen LogP contribution in [0.1, 0.15) is 17.4 Å². The van der Waals surface area contributed by atoms with E-state index in [4.69, 9.17) is 4.74 Å². The molecular formula is C21H20N4O3. The highest BCUT2D eigenvalue weighted by molar-refractivity contribution is 6.03. The fraction of sp³-hybridized carbons (Fsp3) is 0.0952. The zero-order chi connectivity index (χ0) is 19.9. The zero-order valence-corrected chi connectivity index (χ0v) is 15.5. The highest BCUT2D eigenvalue weighted by atomic mass is 16.5. The maximum Gasteiger partial charge on any atom is 0.274 e. The van der Waals surface area contributed by atoms with Crippen LogP contribution < -0.4 is 20.7 Å². The van der Waals surface area contributed by atoms with Crippen LogP contribution in [-0.4, -0.2) is 23.9 Å². The van der Waals surface area contributed by atoms with E-state index in [0.29, 0.717) is 11.4 Å². The van der Waals surface area contributed by atoms with E-state index in [1.54, 1.807) is 49.7 Å². The molecule has 1 aromatic heterocycles. The molecule has 0 spiro atoms. The van der Waals surface area contributed by atoms with Crippen molar-refractivity contribution in [3.63, 3.8) is 0 Å². The molecule has 0 fully saturated rings. The summed E-state index contributed by atoms with van der Waals surface area (Å²) in [5.41, 5.74) is 3.10. The second-order valence-electron chi connectivity index (χ2n) is 6.00. The summed E-state index contributed by atoms with van der Waals surface area (Å²) in [4.78, 5) is 27.7. The topological polar surface area (TPSA) is 92.4 Å². The Hall–Kier alpha value is -3.87. The van der Waals surface area contributed by atoms with E-state index in [0.717, 1.165) is 17.1 Å². The molecule has 0 aliphatic carbocycles. The van der Waals surface area contributed by atoms with E-state index in [9.17, 15) is 9.59 Å². The van der Waals surface area contributed by atoms with Gasteiger partial charge in [-0.25, -0.2) is 4.98 Å². The van der Waals surface area contributed by atoms with Crippen LogP contribution >= 0.6 is 0 Å². The molecule has 2 amide bonds. The smallest absolute Gasteiger partial charge is 0.274 e. The number of aromatic nitrogens is 1. The highest BCUT2D eigenvalue weighted by Gasteiger charge is 2.08. The van der Waals surface area contributed by atoms with Gasteiger partial charge in [0.15, 0.2) is 0 Å². The summed E-state index contributed by atoms with van der Waals surface area (Å²) in [6, 6.07) is 17.8. The van der Waals surface area contributed by atoms with Crippen molar-refractivity contribution >= 4 is 34.6 Å². The summed E-state index contributed by atoms with van der Waals surface area (Å²) in [6.45, 7) is 1.43. The van der Waals surface area contributed by atoms with Gasteiger partial charge in [-0.1, -0.05) is 6.07 Å². The van der Waals surface area contributed by atoms with Gasteiger partial charge < -0.3 is 20.7 Å². The van der Waals surface area contributed by atoms with Gasteiger partial charge in [-0.2, -0.15) is 0 Å². The fourth-order valence-corrected chi connectivity index (χ4v) is 2.52. The third kappa shape index (κ3) is 5.07. The molecule has 0 saturated heterocycles. The maximum absolute atomic E-state index is 12.4. The largest absolute Gasteiger partial charge is 0.497 e. The quantitative estimate of drug-likeness (QED) is 0.604. The molecule has 7 nitrogen and oxygen atoms in total. The summed E-state index contributed by atoms with van der Waals surface area (Å²) in [7, 11) is 1.62. The normalized spacial score (nSPS) is 10.1. The number of amides is 2. The minimum Gasteiger partial charge on any atom is -0.497 e. The minimum absolute atomic E-state index is 0.176. The van der Waals surface area contributed by atoms with Crippen LogP contribution in [0.4, 0.5) is 22.7 Å². The SMILES string of the molecule is COc1ccc(Nc2ccc(C(=O)Nc3cccc(NC(C)=O)c3)nc2)cc1. The molecule has 1 heterocycles. The average molecular weight is 376 g/mol. The third-order valence-electron chi connectivity index (χ3n) is 3.82. The molecule has 28 heavy (non-hydrogen) atoms. The van der Waals surface area contributed by atoms with Crippen molar-refractivity contribution in [2.75, 3.05) is 23.1 Å². The number of hydrogen-bond donors (Lipinski definition) is 3. The van der Waals surface area contributed by atoms with Crippen molar-refractivity contribution in [1.82, 2.24) is 4.98 Å². The Balaban J connectivity index is 1.64. The van der Waals surface area contributed by atoms with Crippen LogP contribution in [0, 0.1) is 0 Å². The van der Waals surface area contributed by atoms with Gasteiger partial charge in [0.1, 0.15) is 11.4 Å². The Morgan fingerprint density at radius 1 is 0.857 bits per heavy atom. The van der Waals surface area contributed by atoms with Crippen LogP contribution in [0.2, 0.25) is 0 Å². The molecule has 3 aromatic rings. The molecule has 0 aliphatic heterocycles. The van der Waals surface area contributed by atoms with E-state index in [2.05, 4.69) is 20.9 Å². The molecule has 0 aliphatic rings. The Bertz CT molecular complexity index is 970. The van der Waals surface area contributed by atoms with Crippen molar-refractivity contribution in [3.05, 3.63) is 72.6 Å². The van der Waals surface area contributed by atoms with Crippen LogP contribution in [0.5, 0.6) is 5.75 Å². The first kappa shape index (κ1) is 18.9. The number of hydrogen-bond acceptors (Lipinski definition) is 5. The fourth-order valence-electron chi connectivity index (χ4n) is 2.52. The molecule has 3 rings (SSSR count). The molecule has 142 valence electrons. The molecule has 0 bridgehead atoms. The third-order valence-corrected chi connectivity index (χ3v) is 3.82. The van der Waals surface area contributed by atoms with Crippen LogP contribution in [-0.2, 0) is 4.79 Å². The van der Waals surface area contributed by atoms with Crippen LogP contribution in [0.3, 0.4) is 0 Å². The lowest BCUT2D eigenvalue weighted by atomic mass is 10.2. The van der Waals surface area contributed by atoms with Gasteiger partial charge in [0.05, 0.1) is 19.0 Å². The van der Waals surface area contributed by atoms with Gasteiger partial charge in [0, 0.05) is 24.0 Å². The molecule has 0 atom stereocenters. The monoisotopic (exact) mass is 376 g/mol. The predicted molar refractivity (Wildman–Crippen MR) is 109 cm³/mol. The number of carbonyl (C=O) groups excluding carboxylic acids is 2. The average Bonchev–Trinajstić information content (AvgIpc) is 2.69. The molecule has 3 N–H and O–H groups in total. The Kier molecular flexibility index (Phi) is 5.86. The minimum atomic E-state index is -0.337. The molecular weight excluding hydrogens is 356 g/mol. The number of pyridine rings is 1. The van der Waals surface area contributed by atoms with Crippen molar-refractivity contribution in [3.8, 4) is 5.75 Å². The van der Waals surface area contributed by atoms with E-state index < -0.39 is 0 Å². The van der Waals surface area contributed by atoms with Gasteiger partial charge in [-0.15, -0.1) is 0 Å². The van der Waals surface area contributed by atoms with Crippen LogP contribution in [0.25, 0.3) is 0 Å². The first-order chi connectivity index (χ1) is 13.5. The lowest BCUT2D eigenvalue weighted by Gasteiger charge is -2.09. The number of anilines is 4. The van der Waals surface area contributed by atoms with E-state index in [-0.39, 0.29) is 17.5 Å². The summed E-state index contributed by atoms with van der Waals surface area (Å²) < 4.78 is 5.13. The van der Waals surface area contributed by atoms with E-state index in [1.807, 2.05) is 24.3 Å². The van der Waals surface area contributed by atoms with Crippen molar-refractivity contribution in [2.45, 2.75) is 6.92 Å². The summed E-state index contributed by atoms with van der Waals surface area (Å²) in [5.74, 6) is 0.263. The van der Waals surface area contributed by atoms with E-state index in [1.165, 1.54) is 6.92 Å². The number of benzene rings is 2. The summed E-state index contributed by atoms with van der Waals surface area (Å²) in [5, 5.41) is 8.65. The summed E-state index contributed by atoms with van der Waals surface area (Å²) in [6.07, 6.45) is 1.59. The second-order valence-corrected chi connectivity index (χ2v) is 6.00. The number of nitrogens with one attached hydrogen (secondary N) is 3. The maximum atomic E-state index is 12.4. The van der Waals surface area contributed by atoms with Gasteiger partial charge in [-0.05, 0) is 54.6 Å².